The smallest absolute Gasteiger partial charge is 0.0795 e. The SMILES string of the molecule is CCOC(C)c1ccccc1[Si]. The van der Waals surface area contributed by atoms with Crippen molar-refractivity contribution in [2.45, 2.75) is 20.0 Å². The van der Waals surface area contributed by atoms with Crippen LogP contribution in [-0.2, 0) is 4.74 Å². The second-order valence-corrected chi connectivity index (χ2v) is 3.22. The third kappa shape index (κ3) is 2.19. The van der Waals surface area contributed by atoms with Crippen molar-refractivity contribution in [3.8, 4) is 0 Å². The molecule has 12 heavy (non-hydrogen) atoms. The Balaban J connectivity index is 2.79. The van der Waals surface area contributed by atoms with Crippen LogP contribution in [0.5, 0.6) is 0 Å². The molecule has 1 aromatic carbocycles. The summed E-state index contributed by atoms with van der Waals surface area (Å²) >= 11 is 0. The summed E-state index contributed by atoms with van der Waals surface area (Å²) in [5, 5.41) is 1.11. The summed E-state index contributed by atoms with van der Waals surface area (Å²) in [6, 6.07) is 8.13. The third-order valence-electron chi connectivity index (χ3n) is 1.82. The molecule has 1 aromatic rings. The predicted molar refractivity (Wildman–Crippen MR) is 51.9 cm³/mol. The molecule has 0 bridgehead atoms. The van der Waals surface area contributed by atoms with Gasteiger partial charge in [-0.3, -0.25) is 0 Å². The van der Waals surface area contributed by atoms with Crippen LogP contribution in [0.15, 0.2) is 24.3 Å². The van der Waals surface area contributed by atoms with E-state index in [0.717, 1.165) is 11.8 Å². The lowest BCUT2D eigenvalue weighted by atomic mass is 10.1. The Morgan fingerprint density at radius 2 is 2.08 bits per heavy atom. The maximum absolute atomic E-state index is 5.48. The zero-order valence-corrected chi connectivity index (χ0v) is 8.50. The van der Waals surface area contributed by atoms with Gasteiger partial charge in [-0.1, -0.05) is 29.5 Å². The van der Waals surface area contributed by atoms with Gasteiger partial charge in [0.2, 0.25) is 0 Å². The highest BCUT2D eigenvalue weighted by Crippen LogP contribution is 2.12. The molecule has 0 aromatic heterocycles. The second kappa shape index (κ2) is 4.43. The van der Waals surface area contributed by atoms with Gasteiger partial charge < -0.3 is 4.74 Å². The number of ether oxygens (including phenoxy) is 1. The second-order valence-electron chi connectivity index (χ2n) is 2.68. The van der Waals surface area contributed by atoms with E-state index in [1.54, 1.807) is 0 Å². The van der Waals surface area contributed by atoms with Gasteiger partial charge in [0.25, 0.3) is 0 Å². The Bertz CT molecular complexity index is 247. The lowest BCUT2D eigenvalue weighted by Gasteiger charge is -2.13. The van der Waals surface area contributed by atoms with Crippen LogP contribution in [0.3, 0.4) is 0 Å². The molecule has 0 amide bonds. The van der Waals surface area contributed by atoms with Gasteiger partial charge in [-0.05, 0) is 19.4 Å². The molecule has 63 valence electrons. The van der Waals surface area contributed by atoms with Crippen LogP contribution in [0.25, 0.3) is 0 Å². The molecule has 1 rings (SSSR count). The minimum absolute atomic E-state index is 0.170. The largest absolute Gasteiger partial charge is 0.374 e. The summed E-state index contributed by atoms with van der Waals surface area (Å²) in [4.78, 5) is 0. The molecule has 0 heterocycles. The molecule has 0 aliphatic heterocycles. The van der Waals surface area contributed by atoms with Crippen molar-refractivity contribution in [2.24, 2.45) is 0 Å². The van der Waals surface area contributed by atoms with Crippen molar-refractivity contribution >= 4 is 15.4 Å². The summed E-state index contributed by atoms with van der Waals surface area (Å²) in [6.07, 6.45) is 0.170. The van der Waals surface area contributed by atoms with Gasteiger partial charge in [-0.15, -0.1) is 0 Å². The van der Waals surface area contributed by atoms with E-state index in [1.165, 1.54) is 5.56 Å². The van der Waals surface area contributed by atoms with Crippen LogP contribution >= 0.6 is 0 Å². The van der Waals surface area contributed by atoms with E-state index in [-0.39, 0.29) is 6.10 Å². The Morgan fingerprint density at radius 1 is 1.42 bits per heavy atom. The first-order chi connectivity index (χ1) is 5.75. The highest BCUT2D eigenvalue weighted by Gasteiger charge is 2.05. The molecule has 0 aliphatic carbocycles. The van der Waals surface area contributed by atoms with Crippen molar-refractivity contribution in [2.75, 3.05) is 6.61 Å². The molecular weight excluding hydrogens is 164 g/mol. The maximum Gasteiger partial charge on any atom is 0.0795 e. The highest BCUT2D eigenvalue weighted by molar-refractivity contribution is 6.33. The van der Waals surface area contributed by atoms with Gasteiger partial charge in [0, 0.05) is 6.61 Å². The highest BCUT2D eigenvalue weighted by atomic mass is 28.1. The Hall–Kier alpha value is -0.603. The summed E-state index contributed by atoms with van der Waals surface area (Å²) in [5.41, 5.74) is 1.20. The quantitative estimate of drug-likeness (QED) is 0.637. The van der Waals surface area contributed by atoms with Crippen molar-refractivity contribution in [1.82, 2.24) is 0 Å². The molecule has 1 atom stereocenters. The summed E-state index contributed by atoms with van der Waals surface area (Å²) < 4.78 is 5.48. The van der Waals surface area contributed by atoms with Crippen molar-refractivity contribution in [1.29, 1.82) is 0 Å². The zero-order valence-electron chi connectivity index (χ0n) is 7.50. The standard InChI is InChI=1S/C10H13OSi/c1-3-11-8(2)9-6-4-5-7-10(9)12/h4-8H,3H2,1-2H3. The topological polar surface area (TPSA) is 9.23 Å². The van der Waals surface area contributed by atoms with Gasteiger partial charge in [-0.25, -0.2) is 0 Å². The van der Waals surface area contributed by atoms with Crippen molar-refractivity contribution < 1.29 is 4.74 Å². The van der Waals surface area contributed by atoms with Crippen LogP contribution in [0.1, 0.15) is 25.5 Å². The van der Waals surface area contributed by atoms with E-state index in [2.05, 4.69) is 23.2 Å². The molecule has 0 saturated heterocycles. The fourth-order valence-electron chi connectivity index (χ4n) is 1.19. The van der Waals surface area contributed by atoms with E-state index in [0.29, 0.717) is 0 Å². The van der Waals surface area contributed by atoms with E-state index in [9.17, 15) is 0 Å². The van der Waals surface area contributed by atoms with Gasteiger partial charge in [0.15, 0.2) is 0 Å². The third-order valence-corrected chi connectivity index (χ3v) is 2.27. The van der Waals surface area contributed by atoms with Gasteiger partial charge in [0.1, 0.15) is 0 Å². The number of benzene rings is 1. The molecule has 1 nitrogen and oxygen atoms in total. The van der Waals surface area contributed by atoms with Crippen LogP contribution in [0.4, 0.5) is 0 Å². The fraction of sp³-hybridized carbons (Fsp3) is 0.400. The van der Waals surface area contributed by atoms with Gasteiger partial charge in [0.05, 0.1) is 16.3 Å². The summed E-state index contributed by atoms with van der Waals surface area (Å²) in [5.74, 6) is 0. The van der Waals surface area contributed by atoms with E-state index in [4.69, 9.17) is 4.74 Å². The molecule has 0 aliphatic rings. The van der Waals surface area contributed by atoms with E-state index >= 15 is 0 Å². The van der Waals surface area contributed by atoms with Gasteiger partial charge >= 0.3 is 0 Å². The molecular formula is C10H13OSi. The van der Waals surface area contributed by atoms with Crippen molar-refractivity contribution in [3.05, 3.63) is 29.8 Å². The molecule has 2 heteroatoms. The zero-order chi connectivity index (χ0) is 8.97. The Morgan fingerprint density at radius 3 is 2.67 bits per heavy atom. The first-order valence-electron chi connectivity index (χ1n) is 4.17. The molecule has 0 spiro atoms. The average molecular weight is 177 g/mol. The number of rotatable bonds is 3. The normalized spacial score (nSPS) is 12.9. The van der Waals surface area contributed by atoms with E-state index in [1.807, 2.05) is 25.1 Å². The fourth-order valence-corrected chi connectivity index (χ4v) is 1.57. The number of hydrogen-bond donors (Lipinski definition) is 0. The summed E-state index contributed by atoms with van der Waals surface area (Å²) in [6.45, 7) is 4.82. The Labute approximate surface area is 77.2 Å². The molecule has 3 radical (unpaired) electrons. The summed E-state index contributed by atoms with van der Waals surface area (Å²) in [7, 11) is 3.54. The number of hydrogen-bond acceptors (Lipinski definition) is 1. The molecule has 0 fully saturated rings. The van der Waals surface area contributed by atoms with Crippen LogP contribution in [0.2, 0.25) is 0 Å². The van der Waals surface area contributed by atoms with Crippen LogP contribution < -0.4 is 5.19 Å². The first-order valence-corrected chi connectivity index (χ1v) is 4.67. The monoisotopic (exact) mass is 177 g/mol. The lowest BCUT2D eigenvalue weighted by Crippen LogP contribution is -2.14. The van der Waals surface area contributed by atoms with Gasteiger partial charge in [-0.2, -0.15) is 0 Å². The van der Waals surface area contributed by atoms with Crippen molar-refractivity contribution in [3.63, 3.8) is 0 Å². The minimum Gasteiger partial charge on any atom is -0.374 e. The molecule has 1 unspecified atom stereocenters. The average Bonchev–Trinajstić information content (AvgIpc) is 2.05. The van der Waals surface area contributed by atoms with Crippen LogP contribution in [0, 0.1) is 0 Å². The minimum atomic E-state index is 0.170. The van der Waals surface area contributed by atoms with E-state index < -0.39 is 0 Å². The molecule has 0 N–H and O–H groups in total. The lowest BCUT2D eigenvalue weighted by molar-refractivity contribution is 0.0771. The first kappa shape index (κ1) is 9.48. The van der Waals surface area contributed by atoms with Crippen LogP contribution in [-0.4, -0.2) is 16.8 Å². The maximum atomic E-state index is 5.48. The Kier molecular flexibility index (Phi) is 3.50. The predicted octanol–water partition coefficient (Wildman–Crippen LogP) is 1.58. The molecule has 0 saturated carbocycles.